The van der Waals surface area contributed by atoms with Crippen LogP contribution in [0.3, 0.4) is 0 Å². The standard InChI is InChI=1S/C17H17NO6S/c19-12-5-7-16(15(20)9-12)25(23,24)18-10-11-3-1-2-4-13(11)14(18)6-8-17(21)22/h1-5,7,9,14,19-20H,6,8,10H2,(H,21,22). The van der Waals surface area contributed by atoms with Gasteiger partial charge >= 0.3 is 5.97 Å². The Kier molecular flexibility index (Phi) is 4.40. The third-order valence-corrected chi connectivity index (χ3v) is 6.15. The van der Waals surface area contributed by atoms with Gasteiger partial charge in [-0.15, -0.1) is 0 Å². The van der Waals surface area contributed by atoms with Crippen molar-refractivity contribution in [3.63, 3.8) is 0 Å². The smallest absolute Gasteiger partial charge is 0.303 e. The SMILES string of the molecule is O=C(O)CCC1c2ccccc2CN1S(=O)(=O)c1ccc(O)cc1O. The fraction of sp³-hybridized carbons (Fsp3) is 0.235. The second kappa shape index (κ2) is 6.38. The molecule has 0 radical (unpaired) electrons. The van der Waals surface area contributed by atoms with Crippen LogP contribution in [0.1, 0.15) is 30.0 Å². The molecule has 1 heterocycles. The van der Waals surface area contributed by atoms with E-state index in [1.54, 1.807) is 24.3 Å². The summed E-state index contributed by atoms with van der Waals surface area (Å²) in [5, 5.41) is 28.3. The van der Waals surface area contributed by atoms with Crippen molar-refractivity contribution in [3.05, 3.63) is 53.6 Å². The van der Waals surface area contributed by atoms with E-state index in [2.05, 4.69) is 0 Å². The molecule has 0 aliphatic carbocycles. The minimum Gasteiger partial charge on any atom is -0.508 e. The Bertz CT molecular complexity index is 924. The lowest BCUT2D eigenvalue weighted by molar-refractivity contribution is -0.137. The molecule has 8 heteroatoms. The fourth-order valence-corrected chi connectivity index (χ4v) is 4.78. The molecule has 0 saturated heterocycles. The summed E-state index contributed by atoms with van der Waals surface area (Å²) in [4.78, 5) is 10.6. The lowest BCUT2D eigenvalue weighted by Gasteiger charge is -2.24. The molecule has 2 aromatic carbocycles. The van der Waals surface area contributed by atoms with Gasteiger partial charge in [-0.3, -0.25) is 4.79 Å². The maximum atomic E-state index is 13.0. The van der Waals surface area contributed by atoms with Crippen molar-refractivity contribution in [2.24, 2.45) is 0 Å². The van der Waals surface area contributed by atoms with E-state index in [0.717, 1.165) is 23.3 Å². The number of carbonyl (C=O) groups is 1. The number of rotatable bonds is 5. The van der Waals surface area contributed by atoms with Crippen LogP contribution in [-0.4, -0.2) is 34.0 Å². The molecule has 0 fully saturated rings. The maximum Gasteiger partial charge on any atom is 0.303 e. The van der Waals surface area contributed by atoms with Crippen molar-refractivity contribution in [2.75, 3.05) is 0 Å². The molecule has 2 aromatic rings. The van der Waals surface area contributed by atoms with Crippen molar-refractivity contribution in [1.82, 2.24) is 4.31 Å². The second-order valence-electron chi connectivity index (χ2n) is 5.85. The van der Waals surface area contributed by atoms with Crippen LogP contribution < -0.4 is 0 Å². The number of carboxylic acids is 1. The predicted octanol–water partition coefficient (Wildman–Crippen LogP) is 2.21. The average Bonchev–Trinajstić information content (AvgIpc) is 2.92. The van der Waals surface area contributed by atoms with Crippen LogP contribution in [-0.2, 0) is 21.4 Å². The van der Waals surface area contributed by atoms with Crippen LogP contribution in [0.25, 0.3) is 0 Å². The first-order valence-electron chi connectivity index (χ1n) is 7.64. The first-order chi connectivity index (χ1) is 11.8. The molecule has 0 spiro atoms. The lowest BCUT2D eigenvalue weighted by Crippen LogP contribution is -2.30. The Labute approximate surface area is 144 Å². The first-order valence-corrected chi connectivity index (χ1v) is 9.08. The van der Waals surface area contributed by atoms with Gasteiger partial charge in [0.15, 0.2) is 0 Å². The van der Waals surface area contributed by atoms with Crippen molar-refractivity contribution in [1.29, 1.82) is 0 Å². The number of carboxylic acid groups (broad SMARTS) is 1. The van der Waals surface area contributed by atoms with Crippen LogP contribution in [0.5, 0.6) is 11.5 Å². The molecule has 0 bridgehead atoms. The summed E-state index contributed by atoms with van der Waals surface area (Å²) in [5.41, 5.74) is 1.57. The summed E-state index contributed by atoms with van der Waals surface area (Å²) in [6.45, 7) is 0.100. The van der Waals surface area contributed by atoms with Gasteiger partial charge in [0.25, 0.3) is 0 Å². The Balaban J connectivity index is 2.03. The monoisotopic (exact) mass is 363 g/mol. The largest absolute Gasteiger partial charge is 0.508 e. The van der Waals surface area contributed by atoms with E-state index in [1.165, 1.54) is 10.4 Å². The van der Waals surface area contributed by atoms with Gasteiger partial charge in [0.1, 0.15) is 16.4 Å². The summed E-state index contributed by atoms with van der Waals surface area (Å²) >= 11 is 0. The highest BCUT2D eigenvalue weighted by Gasteiger charge is 2.39. The third kappa shape index (κ3) is 3.18. The molecule has 3 rings (SSSR count). The zero-order valence-electron chi connectivity index (χ0n) is 13.2. The van der Waals surface area contributed by atoms with Crippen molar-refractivity contribution < 1.29 is 28.5 Å². The van der Waals surface area contributed by atoms with E-state index in [0.29, 0.717) is 0 Å². The number of hydrogen-bond donors (Lipinski definition) is 3. The molecule has 0 saturated carbocycles. The van der Waals surface area contributed by atoms with E-state index < -0.39 is 27.8 Å². The molecule has 0 amide bonds. The summed E-state index contributed by atoms with van der Waals surface area (Å²) in [5.74, 6) is -1.80. The number of fused-ring (bicyclic) bond motifs is 1. The Hall–Kier alpha value is -2.58. The molecule has 25 heavy (non-hydrogen) atoms. The number of benzene rings is 2. The molecule has 1 unspecified atom stereocenters. The number of aromatic hydroxyl groups is 2. The summed E-state index contributed by atoms with van der Waals surface area (Å²) in [6, 6.07) is 9.82. The minimum atomic E-state index is -4.07. The maximum absolute atomic E-state index is 13.0. The molecule has 7 nitrogen and oxygen atoms in total. The highest BCUT2D eigenvalue weighted by molar-refractivity contribution is 7.89. The number of sulfonamides is 1. The Morgan fingerprint density at radius 1 is 1.16 bits per heavy atom. The van der Waals surface area contributed by atoms with Gasteiger partial charge in [0.05, 0.1) is 6.04 Å². The van der Waals surface area contributed by atoms with E-state index in [9.17, 15) is 23.4 Å². The second-order valence-corrected chi connectivity index (χ2v) is 7.71. The topological polar surface area (TPSA) is 115 Å². The van der Waals surface area contributed by atoms with E-state index >= 15 is 0 Å². The van der Waals surface area contributed by atoms with E-state index in [4.69, 9.17) is 5.11 Å². The summed E-state index contributed by atoms with van der Waals surface area (Å²) in [6.07, 6.45) is -0.0446. The number of hydrogen-bond acceptors (Lipinski definition) is 5. The van der Waals surface area contributed by atoms with Gasteiger partial charge in [-0.25, -0.2) is 8.42 Å². The molecular formula is C17H17NO6S. The summed E-state index contributed by atoms with van der Waals surface area (Å²) in [7, 11) is -4.07. The quantitative estimate of drug-likeness (QED) is 0.750. The average molecular weight is 363 g/mol. The molecule has 1 aliphatic heterocycles. The molecular weight excluding hydrogens is 346 g/mol. The Morgan fingerprint density at radius 2 is 1.88 bits per heavy atom. The van der Waals surface area contributed by atoms with Crippen LogP contribution in [0.15, 0.2) is 47.4 Å². The van der Waals surface area contributed by atoms with Crippen molar-refractivity contribution >= 4 is 16.0 Å². The van der Waals surface area contributed by atoms with Crippen LogP contribution in [0, 0.1) is 0 Å². The number of phenolic OH excluding ortho intramolecular Hbond substituents is 2. The number of nitrogens with zero attached hydrogens (tertiary/aromatic N) is 1. The van der Waals surface area contributed by atoms with Gasteiger partial charge in [-0.05, 0) is 29.7 Å². The van der Waals surface area contributed by atoms with Gasteiger partial charge in [0.2, 0.25) is 10.0 Å². The predicted molar refractivity (Wildman–Crippen MR) is 88.6 cm³/mol. The lowest BCUT2D eigenvalue weighted by atomic mass is 10.0. The molecule has 1 atom stereocenters. The van der Waals surface area contributed by atoms with Crippen molar-refractivity contribution in [3.8, 4) is 11.5 Å². The highest BCUT2D eigenvalue weighted by Crippen LogP contribution is 2.42. The highest BCUT2D eigenvalue weighted by atomic mass is 32.2. The zero-order valence-corrected chi connectivity index (χ0v) is 14.0. The molecule has 3 N–H and O–H groups in total. The molecule has 0 aromatic heterocycles. The van der Waals surface area contributed by atoms with Gasteiger partial charge in [0, 0.05) is 19.0 Å². The molecule has 132 valence electrons. The normalized spacial score (nSPS) is 17.4. The van der Waals surface area contributed by atoms with Crippen molar-refractivity contribution in [2.45, 2.75) is 30.3 Å². The van der Waals surface area contributed by atoms with E-state index in [1.807, 2.05) is 0 Å². The van der Waals surface area contributed by atoms with Crippen LogP contribution in [0.4, 0.5) is 0 Å². The summed E-state index contributed by atoms with van der Waals surface area (Å²) < 4.78 is 27.3. The number of phenols is 2. The van der Waals surface area contributed by atoms with Crippen LogP contribution >= 0.6 is 0 Å². The minimum absolute atomic E-state index is 0.100. The molecule has 1 aliphatic rings. The number of aliphatic carboxylic acids is 1. The van der Waals surface area contributed by atoms with Gasteiger partial charge < -0.3 is 15.3 Å². The van der Waals surface area contributed by atoms with Crippen LogP contribution in [0.2, 0.25) is 0 Å². The third-order valence-electron chi connectivity index (χ3n) is 4.25. The first kappa shape index (κ1) is 17.2. The fourth-order valence-electron chi connectivity index (χ4n) is 3.10. The zero-order chi connectivity index (χ0) is 18.2. The van der Waals surface area contributed by atoms with E-state index in [-0.39, 0.29) is 30.0 Å². The Morgan fingerprint density at radius 3 is 2.56 bits per heavy atom. The van der Waals surface area contributed by atoms with Gasteiger partial charge in [-0.1, -0.05) is 24.3 Å². The van der Waals surface area contributed by atoms with Gasteiger partial charge in [-0.2, -0.15) is 4.31 Å².